The van der Waals surface area contributed by atoms with Crippen LogP contribution >= 0.6 is 0 Å². The summed E-state index contributed by atoms with van der Waals surface area (Å²) in [6, 6.07) is 8.17. The summed E-state index contributed by atoms with van der Waals surface area (Å²) >= 11 is 0. The molecule has 0 spiro atoms. The Bertz CT molecular complexity index is 543. The molecular weight excluding hydrogens is 224 g/mol. The van der Waals surface area contributed by atoms with E-state index in [1.165, 1.54) is 5.56 Å². The van der Waals surface area contributed by atoms with Crippen molar-refractivity contribution in [2.45, 2.75) is 40.2 Å². The van der Waals surface area contributed by atoms with Crippen LogP contribution in [-0.2, 0) is 13.0 Å². The molecule has 96 valence electrons. The van der Waals surface area contributed by atoms with Crippen molar-refractivity contribution < 1.29 is 5.11 Å². The summed E-state index contributed by atoms with van der Waals surface area (Å²) in [5.74, 6) is 0.337. The van der Waals surface area contributed by atoms with E-state index in [1.807, 2.05) is 23.7 Å². The number of aryl methyl sites for hydroxylation is 3. The molecule has 0 saturated heterocycles. The van der Waals surface area contributed by atoms with Gasteiger partial charge in [0.05, 0.1) is 0 Å². The van der Waals surface area contributed by atoms with Crippen molar-refractivity contribution in [1.29, 1.82) is 0 Å². The first-order chi connectivity index (χ1) is 8.67. The third kappa shape index (κ3) is 2.26. The molecule has 0 bridgehead atoms. The molecule has 0 aliphatic heterocycles. The number of benzene rings is 1. The van der Waals surface area contributed by atoms with E-state index < -0.39 is 0 Å². The minimum absolute atomic E-state index is 0.337. The van der Waals surface area contributed by atoms with Crippen molar-refractivity contribution in [2.24, 2.45) is 0 Å². The summed E-state index contributed by atoms with van der Waals surface area (Å²) in [6.07, 6.45) is 1.80. The van der Waals surface area contributed by atoms with Crippen LogP contribution in [0.4, 0.5) is 0 Å². The Morgan fingerprint density at radius 1 is 1.28 bits per heavy atom. The molecule has 0 unspecified atom stereocenters. The van der Waals surface area contributed by atoms with Gasteiger partial charge in [0.25, 0.3) is 0 Å². The molecule has 0 radical (unpaired) electrons. The van der Waals surface area contributed by atoms with Crippen LogP contribution in [0.15, 0.2) is 24.3 Å². The summed E-state index contributed by atoms with van der Waals surface area (Å²) in [6.45, 7) is 6.96. The van der Waals surface area contributed by atoms with E-state index >= 15 is 0 Å². The van der Waals surface area contributed by atoms with Crippen LogP contribution in [0.25, 0.3) is 11.3 Å². The third-order valence-corrected chi connectivity index (χ3v) is 3.08. The van der Waals surface area contributed by atoms with Crippen molar-refractivity contribution in [3.8, 4) is 17.0 Å². The fourth-order valence-corrected chi connectivity index (χ4v) is 2.21. The smallest absolute Gasteiger partial charge is 0.164 e. The van der Waals surface area contributed by atoms with E-state index in [1.54, 1.807) is 0 Å². The fourth-order valence-electron chi connectivity index (χ4n) is 2.21. The second kappa shape index (κ2) is 5.25. The topological polar surface area (TPSA) is 38.0 Å². The molecule has 18 heavy (non-hydrogen) atoms. The Morgan fingerprint density at radius 3 is 2.67 bits per heavy atom. The normalized spacial score (nSPS) is 10.8. The van der Waals surface area contributed by atoms with Gasteiger partial charge in [0.15, 0.2) is 5.75 Å². The number of aromatic hydroxyl groups is 1. The zero-order valence-corrected chi connectivity index (χ0v) is 11.3. The van der Waals surface area contributed by atoms with Gasteiger partial charge >= 0.3 is 0 Å². The maximum atomic E-state index is 10.3. The van der Waals surface area contributed by atoms with Gasteiger partial charge < -0.3 is 5.11 Å². The predicted octanol–water partition coefficient (Wildman–Crippen LogP) is 3.54. The van der Waals surface area contributed by atoms with E-state index in [0.717, 1.165) is 36.3 Å². The molecule has 2 aromatic rings. The molecular formula is C15H20N2O. The Hall–Kier alpha value is -1.77. The van der Waals surface area contributed by atoms with Crippen molar-refractivity contribution in [3.05, 3.63) is 35.5 Å². The molecule has 0 aliphatic rings. The maximum absolute atomic E-state index is 10.3. The first kappa shape index (κ1) is 12.7. The highest BCUT2D eigenvalue weighted by atomic mass is 16.3. The third-order valence-electron chi connectivity index (χ3n) is 3.08. The van der Waals surface area contributed by atoms with Gasteiger partial charge in [-0.3, -0.25) is 4.68 Å². The quantitative estimate of drug-likeness (QED) is 0.893. The van der Waals surface area contributed by atoms with Crippen molar-refractivity contribution >= 4 is 0 Å². The molecule has 1 aromatic heterocycles. The van der Waals surface area contributed by atoms with Crippen molar-refractivity contribution in [1.82, 2.24) is 9.78 Å². The minimum atomic E-state index is 0.337. The average Bonchev–Trinajstić information content (AvgIpc) is 2.67. The number of hydrogen-bond donors (Lipinski definition) is 1. The fraction of sp³-hybridized carbons (Fsp3) is 0.400. The largest absolute Gasteiger partial charge is 0.504 e. The van der Waals surface area contributed by atoms with Crippen LogP contribution in [0, 0.1) is 6.92 Å². The Labute approximate surface area is 108 Å². The van der Waals surface area contributed by atoms with Gasteiger partial charge in [-0.15, -0.1) is 0 Å². The minimum Gasteiger partial charge on any atom is -0.504 e. The molecule has 1 aromatic carbocycles. The lowest BCUT2D eigenvalue weighted by molar-refractivity contribution is 0.469. The number of rotatable bonds is 4. The number of nitrogens with zero attached hydrogens (tertiary/aromatic N) is 2. The Kier molecular flexibility index (Phi) is 3.70. The van der Waals surface area contributed by atoms with Gasteiger partial charge in [-0.2, -0.15) is 5.10 Å². The molecule has 2 rings (SSSR count). The lowest BCUT2D eigenvalue weighted by atomic mass is 10.1. The molecule has 0 aliphatic carbocycles. The second-order valence-corrected chi connectivity index (χ2v) is 4.58. The van der Waals surface area contributed by atoms with Crippen molar-refractivity contribution in [2.75, 3.05) is 0 Å². The van der Waals surface area contributed by atoms with Crippen LogP contribution in [0.1, 0.15) is 31.5 Å². The van der Waals surface area contributed by atoms with Gasteiger partial charge in [-0.25, -0.2) is 0 Å². The van der Waals surface area contributed by atoms with Crippen molar-refractivity contribution in [3.63, 3.8) is 0 Å². The zero-order chi connectivity index (χ0) is 13.1. The second-order valence-electron chi connectivity index (χ2n) is 4.58. The SMILES string of the molecule is CCCc1nn(CC)c(-c2cccc(C)c2)c1O. The molecule has 1 heterocycles. The van der Waals surface area contributed by atoms with E-state index in [-0.39, 0.29) is 0 Å². The summed E-state index contributed by atoms with van der Waals surface area (Å²) in [4.78, 5) is 0. The standard InChI is InChI=1S/C15H20N2O/c1-4-7-13-15(18)14(17(5-2)16-13)12-9-6-8-11(3)10-12/h6,8-10,18H,4-5,7H2,1-3H3. The average molecular weight is 244 g/mol. The lowest BCUT2D eigenvalue weighted by Crippen LogP contribution is -1.99. The zero-order valence-electron chi connectivity index (χ0n) is 11.3. The molecule has 0 atom stereocenters. The van der Waals surface area contributed by atoms with E-state index in [0.29, 0.717) is 5.75 Å². The molecule has 3 nitrogen and oxygen atoms in total. The molecule has 1 N–H and O–H groups in total. The summed E-state index contributed by atoms with van der Waals surface area (Å²) in [5, 5.41) is 14.8. The maximum Gasteiger partial charge on any atom is 0.164 e. The summed E-state index contributed by atoms with van der Waals surface area (Å²) in [5.41, 5.74) is 3.86. The van der Waals surface area contributed by atoms with Gasteiger partial charge in [-0.05, 0) is 26.3 Å². The molecule has 3 heteroatoms. The van der Waals surface area contributed by atoms with Crippen LogP contribution in [0.3, 0.4) is 0 Å². The first-order valence-corrected chi connectivity index (χ1v) is 6.53. The predicted molar refractivity (Wildman–Crippen MR) is 73.7 cm³/mol. The highest BCUT2D eigenvalue weighted by Gasteiger charge is 2.17. The van der Waals surface area contributed by atoms with Gasteiger partial charge in [0.2, 0.25) is 0 Å². The molecule has 0 amide bonds. The number of hydrogen-bond acceptors (Lipinski definition) is 2. The van der Waals surface area contributed by atoms with Crippen LogP contribution in [0.2, 0.25) is 0 Å². The van der Waals surface area contributed by atoms with Gasteiger partial charge in [-0.1, -0.05) is 37.1 Å². The Morgan fingerprint density at radius 2 is 2.06 bits per heavy atom. The van der Waals surface area contributed by atoms with E-state index in [4.69, 9.17) is 0 Å². The van der Waals surface area contributed by atoms with Gasteiger partial charge in [0, 0.05) is 12.1 Å². The highest BCUT2D eigenvalue weighted by Crippen LogP contribution is 2.33. The summed E-state index contributed by atoms with van der Waals surface area (Å²) < 4.78 is 1.88. The Balaban J connectivity index is 2.55. The van der Waals surface area contributed by atoms with E-state index in [9.17, 15) is 5.11 Å². The highest BCUT2D eigenvalue weighted by molar-refractivity contribution is 5.68. The monoisotopic (exact) mass is 244 g/mol. The molecule has 0 fully saturated rings. The van der Waals surface area contributed by atoms with Crippen LogP contribution < -0.4 is 0 Å². The van der Waals surface area contributed by atoms with Gasteiger partial charge in [0.1, 0.15) is 11.4 Å². The molecule has 0 saturated carbocycles. The van der Waals surface area contributed by atoms with Crippen LogP contribution in [0.5, 0.6) is 5.75 Å². The summed E-state index contributed by atoms with van der Waals surface area (Å²) in [7, 11) is 0. The van der Waals surface area contributed by atoms with Crippen LogP contribution in [-0.4, -0.2) is 14.9 Å². The first-order valence-electron chi connectivity index (χ1n) is 6.53. The lowest BCUT2D eigenvalue weighted by Gasteiger charge is -2.06. The van der Waals surface area contributed by atoms with E-state index in [2.05, 4.69) is 31.1 Å². The number of aromatic nitrogens is 2.